The highest BCUT2D eigenvalue weighted by Gasteiger charge is 2.52. The first-order valence-corrected chi connectivity index (χ1v) is 9.19. The third kappa shape index (κ3) is 2.46. The van der Waals surface area contributed by atoms with Gasteiger partial charge in [0.2, 0.25) is 11.8 Å². The number of hydrogen-bond acceptors (Lipinski definition) is 7. The molecule has 2 aliphatic heterocycles. The zero-order chi connectivity index (χ0) is 17.7. The highest BCUT2D eigenvalue weighted by atomic mass is 32.2. The summed E-state index contributed by atoms with van der Waals surface area (Å²) in [5.74, 6) is -0.477. The molecule has 1 aromatic heterocycles. The number of aromatic nitrogens is 1. The molecule has 0 spiro atoms. The van der Waals surface area contributed by atoms with Gasteiger partial charge in [-0.05, 0) is 17.7 Å². The first-order chi connectivity index (χ1) is 12.0. The molecule has 2 aromatic rings. The van der Waals surface area contributed by atoms with Gasteiger partial charge in [0, 0.05) is 10.8 Å². The molecule has 3 atom stereocenters. The fourth-order valence-corrected chi connectivity index (χ4v) is 5.82. The van der Waals surface area contributed by atoms with Gasteiger partial charge < -0.3 is 14.5 Å². The zero-order valence-electron chi connectivity index (χ0n) is 13.3. The SMILES string of the molecule is COc1ccc([C@@H]2c3sc(=O)[nH]c3S[C@H]3C(=O)NC(=O)[C@@H]23)cc1OC. The molecule has 4 rings (SSSR count). The fraction of sp³-hybridized carbons (Fsp3) is 0.312. The molecule has 1 saturated heterocycles. The number of amides is 2. The smallest absolute Gasteiger partial charge is 0.305 e. The Kier molecular flexibility index (Phi) is 3.84. The summed E-state index contributed by atoms with van der Waals surface area (Å²) >= 11 is 2.32. The lowest BCUT2D eigenvalue weighted by atomic mass is 9.83. The number of rotatable bonds is 3. The highest BCUT2D eigenvalue weighted by molar-refractivity contribution is 8.00. The predicted octanol–water partition coefficient (Wildman–Crippen LogP) is 1.33. The van der Waals surface area contributed by atoms with Gasteiger partial charge in [-0.3, -0.25) is 19.7 Å². The quantitative estimate of drug-likeness (QED) is 0.782. The van der Waals surface area contributed by atoms with Gasteiger partial charge >= 0.3 is 4.87 Å². The number of methoxy groups -OCH3 is 2. The molecular weight excluding hydrogens is 364 g/mol. The van der Waals surface area contributed by atoms with E-state index in [4.69, 9.17) is 9.47 Å². The summed E-state index contributed by atoms with van der Waals surface area (Å²) in [6.45, 7) is 0. The van der Waals surface area contributed by atoms with E-state index < -0.39 is 17.1 Å². The first-order valence-electron chi connectivity index (χ1n) is 7.49. The van der Waals surface area contributed by atoms with Gasteiger partial charge in [-0.15, -0.1) is 0 Å². The van der Waals surface area contributed by atoms with Gasteiger partial charge in [0.1, 0.15) is 5.25 Å². The molecule has 2 N–H and O–H groups in total. The lowest BCUT2D eigenvalue weighted by Gasteiger charge is -2.30. The van der Waals surface area contributed by atoms with Crippen LogP contribution >= 0.6 is 23.1 Å². The number of benzene rings is 1. The number of thiazole rings is 1. The monoisotopic (exact) mass is 378 g/mol. The number of aromatic amines is 1. The third-order valence-electron chi connectivity index (χ3n) is 4.43. The summed E-state index contributed by atoms with van der Waals surface area (Å²) in [4.78, 5) is 39.8. The van der Waals surface area contributed by atoms with Crippen LogP contribution in [-0.2, 0) is 9.59 Å². The Bertz CT molecular complexity index is 935. The maximum Gasteiger partial charge on any atom is 0.305 e. The van der Waals surface area contributed by atoms with Crippen molar-refractivity contribution in [3.05, 3.63) is 38.3 Å². The van der Waals surface area contributed by atoms with Crippen molar-refractivity contribution in [2.24, 2.45) is 5.92 Å². The standard InChI is InChI=1S/C16H14N2O5S2/c1-22-7-4-3-6(5-8(7)23-2)9-10-11(14(20)17-13(10)19)24-15-12(9)25-16(21)18-15/h3-5,9-11H,1-2H3,(H,18,21)(H,17,19,20)/t9-,10-,11+/m0/s1. The van der Waals surface area contributed by atoms with Crippen LogP contribution in [0.5, 0.6) is 11.5 Å². The van der Waals surface area contributed by atoms with Gasteiger partial charge in [0.15, 0.2) is 11.5 Å². The number of nitrogens with one attached hydrogen (secondary N) is 2. The molecule has 0 aliphatic carbocycles. The summed E-state index contributed by atoms with van der Waals surface area (Å²) in [5.41, 5.74) is 0.800. The minimum Gasteiger partial charge on any atom is -0.493 e. The number of fused-ring (bicyclic) bond motifs is 2. The van der Waals surface area contributed by atoms with Crippen molar-refractivity contribution in [1.82, 2.24) is 10.3 Å². The van der Waals surface area contributed by atoms with Crippen LogP contribution in [0.2, 0.25) is 0 Å². The molecular formula is C16H14N2O5S2. The molecule has 1 aromatic carbocycles. The van der Waals surface area contributed by atoms with Gasteiger partial charge in [-0.2, -0.15) is 0 Å². The van der Waals surface area contributed by atoms with E-state index >= 15 is 0 Å². The third-order valence-corrected chi connectivity index (χ3v) is 6.84. The molecule has 0 unspecified atom stereocenters. The number of thioether (sulfide) groups is 1. The summed E-state index contributed by atoms with van der Waals surface area (Å²) in [6.07, 6.45) is 0. The van der Waals surface area contributed by atoms with Crippen LogP contribution in [0.25, 0.3) is 0 Å². The van der Waals surface area contributed by atoms with Crippen LogP contribution in [0.4, 0.5) is 0 Å². The molecule has 130 valence electrons. The second-order valence-electron chi connectivity index (χ2n) is 5.72. The average Bonchev–Trinajstić information content (AvgIpc) is 3.11. The number of hydrogen-bond donors (Lipinski definition) is 2. The number of carbonyl (C=O) groups excluding carboxylic acids is 2. The van der Waals surface area contributed by atoms with Crippen molar-refractivity contribution in [3.8, 4) is 11.5 Å². The van der Waals surface area contributed by atoms with E-state index in [0.29, 0.717) is 16.5 Å². The molecule has 0 bridgehead atoms. The molecule has 0 saturated carbocycles. The first kappa shape index (κ1) is 16.2. The van der Waals surface area contributed by atoms with Crippen LogP contribution < -0.4 is 19.7 Å². The van der Waals surface area contributed by atoms with Crippen molar-refractivity contribution >= 4 is 34.9 Å². The molecule has 2 aliphatic rings. The number of carbonyl (C=O) groups is 2. The maximum absolute atomic E-state index is 12.4. The second kappa shape index (κ2) is 5.92. The molecule has 1 fully saturated rings. The van der Waals surface area contributed by atoms with Crippen LogP contribution in [0.1, 0.15) is 16.4 Å². The van der Waals surface area contributed by atoms with Crippen molar-refractivity contribution in [1.29, 1.82) is 0 Å². The van der Waals surface area contributed by atoms with Gasteiger partial charge in [-0.1, -0.05) is 29.2 Å². The maximum atomic E-state index is 12.4. The molecule has 3 heterocycles. The summed E-state index contributed by atoms with van der Waals surface area (Å²) in [5, 5.41) is 2.51. The molecule has 9 heteroatoms. The van der Waals surface area contributed by atoms with Crippen LogP contribution in [0.15, 0.2) is 28.0 Å². The Hall–Kier alpha value is -2.26. The minimum absolute atomic E-state index is 0.198. The summed E-state index contributed by atoms with van der Waals surface area (Å²) < 4.78 is 10.6. The fourth-order valence-electron chi connectivity index (χ4n) is 3.34. The Morgan fingerprint density at radius 3 is 2.52 bits per heavy atom. The van der Waals surface area contributed by atoms with Crippen LogP contribution in [-0.4, -0.2) is 36.3 Å². The Balaban J connectivity index is 1.90. The second-order valence-corrected chi connectivity index (χ2v) is 7.88. The lowest BCUT2D eigenvalue weighted by Crippen LogP contribution is -2.31. The Labute approximate surface area is 150 Å². The van der Waals surface area contributed by atoms with E-state index in [9.17, 15) is 14.4 Å². The van der Waals surface area contributed by atoms with Crippen molar-refractivity contribution < 1.29 is 19.1 Å². The van der Waals surface area contributed by atoms with Crippen molar-refractivity contribution in [2.75, 3.05) is 14.2 Å². The van der Waals surface area contributed by atoms with E-state index in [0.717, 1.165) is 21.8 Å². The van der Waals surface area contributed by atoms with Crippen LogP contribution in [0.3, 0.4) is 0 Å². The van der Waals surface area contributed by atoms with Gasteiger partial charge in [-0.25, -0.2) is 0 Å². The lowest BCUT2D eigenvalue weighted by molar-refractivity contribution is -0.125. The highest BCUT2D eigenvalue weighted by Crippen LogP contribution is 2.51. The van der Waals surface area contributed by atoms with Crippen LogP contribution in [0, 0.1) is 5.92 Å². The largest absolute Gasteiger partial charge is 0.493 e. The van der Waals surface area contributed by atoms with Gasteiger partial charge in [0.05, 0.1) is 25.2 Å². The molecule has 25 heavy (non-hydrogen) atoms. The number of ether oxygens (including phenoxy) is 2. The van der Waals surface area contributed by atoms with E-state index in [1.165, 1.54) is 18.9 Å². The van der Waals surface area contributed by atoms with E-state index in [1.54, 1.807) is 19.2 Å². The predicted molar refractivity (Wildman–Crippen MR) is 92.6 cm³/mol. The zero-order valence-corrected chi connectivity index (χ0v) is 15.0. The average molecular weight is 378 g/mol. The normalized spacial score (nSPS) is 24.5. The topological polar surface area (TPSA) is 97.5 Å². The van der Waals surface area contributed by atoms with E-state index in [2.05, 4.69) is 10.3 Å². The summed E-state index contributed by atoms with van der Waals surface area (Å²) in [6, 6.07) is 5.39. The summed E-state index contributed by atoms with van der Waals surface area (Å²) in [7, 11) is 3.08. The molecule has 2 amide bonds. The molecule has 0 radical (unpaired) electrons. The van der Waals surface area contributed by atoms with E-state index in [-0.39, 0.29) is 16.7 Å². The minimum atomic E-state index is -0.561. The van der Waals surface area contributed by atoms with Crippen molar-refractivity contribution in [2.45, 2.75) is 16.2 Å². The molecule has 7 nitrogen and oxygen atoms in total. The van der Waals surface area contributed by atoms with Gasteiger partial charge in [0.25, 0.3) is 0 Å². The van der Waals surface area contributed by atoms with Crippen molar-refractivity contribution in [3.63, 3.8) is 0 Å². The van der Waals surface area contributed by atoms with E-state index in [1.807, 2.05) is 6.07 Å². The Morgan fingerprint density at radius 1 is 1.04 bits per heavy atom. The number of H-pyrrole nitrogens is 1. The number of imide groups is 1. The Morgan fingerprint density at radius 2 is 1.80 bits per heavy atom.